The van der Waals surface area contributed by atoms with Crippen LogP contribution in [-0.2, 0) is 0 Å². The van der Waals surface area contributed by atoms with Crippen molar-refractivity contribution in [2.24, 2.45) is 11.3 Å². The maximum Gasteiger partial charge on any atom is -0.0320 e. The number of allylic oxidation sites excluding steroid dienone is 1. The molecule has 12 heavy (non-hydrogen) atoms. The Bertz CT molecular complexity index is 159. The number of rotatable bonds is 0. The van der Waals surface area contributed by atoms with Gasteiger partial charge in [0.05, 0.1) is 0 Å². The van der Waals surface area contributed by atoms with Crippen LogP contribution in [0.5, 0.6) is 0 Å². The van der Waals surface area contributed by atoms with Gasteiger partial charge < -0.3 is 0 Å². The molecule has 0 amide bonds. The summed E-state index contributed by atoms with van der Waals surface area (Å²) in [5, 5.41) is 0. The van der Waals surface area contributed by atoms with Crippen LogP contribution in [-0.4, -0.2) is 0 Å². The van der Waals surface area contributed by atoms with Crippen LogP contribution in [0.15, 0.2) is 12.2 Å². The van der Waals surface area contributed by atoms with Crippen molar-refractivity contribution in [2.75, 3.05) is 0 Å². The third-order valence-electron chi connectivity index (χ3n) is 3.15. The maximum absolute atomic E-state index is 4.09. The second-order valence-corrected chi connectivity index (χ2v) is 5.24. The molecular weight excluding hydrogens is 144 g/mol. The van der Waals surface area contributed by atoms with E-state index < -0.39 is 0 Å². The first-order valence-electron chi connectivity index (χ1n) is 5.17. The van der Waals surface area contributed by atoms with Gasteiger partial charge in [0.15, 0.2) is 0 Å². The Labute approximate surface area is 77.1 Å². The molecule has 1 saturated carbocycles. The molecule has 0 radical (unpaired) electrons. The van der Waals surface area contributed by atoms with Crippen molar-refractivity contribution in [1.29, 1.82) is 0 Å². The SMILES string of the molecule is C=C1CCCC(C(C)(C)C)CC1. The molecule has 0 spiro atoms. The quantitative estimate of drug-likeness (QED) is 0.374. The van der Waals surface area contributed by atoms with Gasteiger partial charge in [-0.15, -0.1) is 0 Å². The Balaban J connectivity index is 2.52. The Morgan fingerprint density at radius 1 is 1.17 bits per heavy atom. The summed E-state index contributed by atoms with van der Waals surface area (Å²) in [4.78, 5) is 0. The van der Waals surface area contributed by atoms with Crippen LogP contribution < -0.4 is 0 Å². The summed E-state index contributed by atoms with van der Waals surface area (Å²) < 4.78 is 0. The van der Waals surface area contributed by atoms with E-state index in [0.717, 1.165) is 5.92 Å². The lowest BCUT2D eigenvalue weighted by molar-refractivity contribution is 0.216. The van der Waals surface area contributed by atoms with Crippen LogP contribution in [0.1, 0.15) is 52.9 Å². The Morgan fingerprint density at radius 2 is 1.83 bits per heavy atom. The van der Waals surface area contributed by atoms with E-state index in [1.54, 1.807) is 0 Å². The molecule has 1 aliphatic rings. The van der Waals surface area contributed by atoms with Crippen LogP contribution >= 0.6 is 0 Å². The summed E-state index contributed by atoms with van der Waals surface area (Å²) >= 11 is 0. The van der Waals surface area contributed by atoms with Crippen molar-refractivity contribution in [2.45, 2.75) is 52.9 Å². The predicted molar refractivity (Wildman–Crippen MR) is 55.2 cm³/mol. The lowest BCUT2D eigenvalue weighted by atomic mass is 9.76. The molecule has 0 heterocycles. The normalized spacial score (nSPS) is 26.9. The van der Waals surface area contributed by atoms with Crippen molar-refractivity contribution < 1.29 is 0 Å². The smallest absolute Gasteiger partial charge is 0.0320 e. The molecule has 0 aliphatic heterocycles. The fraction of sp³-hybridized carbons (Fsp3) is 0.833. The third kappa shape index (κ3) is 2.66. The average molecular weight is 166 g/mol. The van der Waals surface area contributed by atoms with Crippen LogP contribution in [0, 0.1) is 11.3 Å². The number of hydrogen-bond acceptors (Lipinski definition) is 0. The Hall–Kier alpha value is -0.260. The summed E-state index contributed by atoms with van der Waals surface area (Å²) in [5.74, 6) is 0.914. The number of hydrogen-bond donors (Lipinski definition) is 0. The Kier molecular flexibility index (Phi) is 2.98. The van der Waals surface area contributed by atoms with Gasteiger partial charge in [-0.05, 0) is 43.4 Å². The average Bonchev–Trinajstić information content (AvgIpc) is 2.11. The standard InChI is InChI=1S/C12H22/c1-10-6-5-7-11(9-8-10)12(2,3)4/h11H,1,5-9H2,2-4H3. The van der Waals surface area contributed by atoms with Crippen LogP contribution in [0.3, 0.4) is 0 Å². The molecule has 0 aromatic rings. The molecule has 70 valence electrons. The van der Waals surface area contributed by atoms with Crippen molar-refractivity contribution in [3.63, 3.8) is 0 Å². The first-order chi connectivity index (χ1) is 5.50. The minimum atomic E-state index is 0.505. The topological polar surface area (TPSA) is 0 Å². The molecule has 1 fully saturated rings. The van der Waals surface area contributed by atoms with Gasteiger partial charge >= 0.3 is 0 Å². The van der Waals surface area contributed by atoms with E-state index in [2.05, 4.69) is 27.4 Å². The molecule has 1 unspecified atom stereocenters. The zero-order valence-electron chi connectivity index (χ0n) is 8.82. The molecule has 1 atom stereocenters. The molecule has 1 aliphatic carbocycles. The lowest BCUT2D eigenvalue weighted by Gasteiger charge is -2.29. The molecule has 0 N–H and O–H groups in total. The van der Waals surface area contributed by atoms with E-state index in [1.807, 2.05) is 0 Å². The first-order valence-corrected chi connectivity index (χ1v) is 5.17. The van der Waals surface area contributed by atoms with Crippen LogP contribution in [0.4, 0.5) is 0 Å². The molecule has 1 rings (SSSR count). The van der Waals surface area contributed by atoms with Crippen molar-refractivity contribution >= 4 is 0 Å². The largest absolute Gasteiger partial charge is 0.0999 e. The zero-order chi connectivity index (χ0) is 9.19. The van der Waals surface area contributed by atoms with Gasteiger partial charge in [-0.25, -0.2) is 0 Å². The fourth-order valence-corrected chi connectivity index (χ4v) is 2.11. The van der Waals surface area contributed by atoms with Crippen LogP contribution in [0.2, 0.25) is 0 Å². The highest BCUT2D eigenvalue weighted by Crippen LogP contribution is 2.37. The molecule has 0 nitrogen and oxygen atoms in total. The maximum atomic E-state index is 4.09. The highest BCUT2D eigenvalue weighted by atomic mass is 14.3. The molecular formula is C12H22. The van der Waals surface area contributed by atoms with E-state index in [9.17, 15) is 0 Å². The van der Waals surface area contributed by atoms with E-state index in [-0.39, 0.29) is 0 Å². The summed E-state index contributed by atoms with van der Waals surface area (Å²) in [5.41, 5.74) is 1.98. The fourth-order valence-electron chi connectivity index (χ4n) is 2.11. The van der Waals surface area contributed by atoms with Crippen molar-refractivity contribution in [3.05, 3.63) is 12.2 Å². The molecule has 0 aromatic heterocycles. The first kappa shape index (κ1) is 9.83. The molecule has 0 bridgehead atoms. The summed E-state index contributed by atoms with van der Waals surface area (Å²) in [6.45, 7) is 11.2. The van der Waals surface area contributed by atoms with E-state index in [0.29, 0.717) is 5.41 Å². The van der Waals surface area contributed by atoms with Gasteiger partial charge in [-0.2, -0.15) is 0 Å². The monoisotopic (exact) mass is 166 g/mol. The minimum Gasteiger partial charge on any atom is -0.0999 e. The van der Waals surface area contributed by atoms with Gasteiger partial charge in [0.2, 0.25) is 0 Å². The second kappa shape index (κ2) is 3.64. The van der Waals surface area contributed by atoms with Crippen molar-refractivity contribution in [1.82, 2.24) is 0 Å². The highest BCUT2D eigenvalue weighted by molar-refractivity contribution is 4.97. The van der Waals surface area contributed by atoms with Gasteiger partial charge in [0.1, 0.15) is 0 Å². The summed E-state index contributed by atoms with van der Waals surface area (Å²) in [6.07, 6.45) is 6.67. The molecule has 0 aromatic carbocycles. The summed E-state index contributed by atoms with van der Waals surface area (Å²) in [6, 6.07) is 0. The van der Waals surface area contributed by atoms with Gasteiger partial charge in [0, 0.05) is 0 Å². The van der Waals surface area contributed by atoms with Crippen molar-refractivity contribution in [3.8, 4) is 0 Å². The third-order valence-corrected chi connectivity index (χ3v) is 3.15. The van der Waals surface area contributed by atoms with Gasteiger partial charge in [0.25, 0.3) is 0 Å². The zero-order valence-corrected chi connectivity index (χ0v) is 8.82. The molecule has 0 saturated heterocycles. The van der Waals surface area contributed by atoms with E-state index in [1.165, 1.54) is 37.7 Å². The van der Waals surface area contributed by atoms with Crippen LogP contribution in [0.25, 0.3) is 0 Å². The van der Waals surface area contributed by atoms with Gasteiger partial charge in [-0.1, -0.05) is 32.9 Å². The predicted octanol–water partition coefficient (Wildman–Crippen LogP) is 4.17. The minimum absolute atomic E-state index is 0.505. The van der Waals surface area contributed by atoms with E-state index in [4.69, 9.17) is 0 Å². The Morgan fingerprint density at radius 3 is 2.42 bits per heavy atom. The van der Waals surface area contributed by atoms with Gasteiger partial charge in [-0.3, -0.25) is 0 Å². The highest BCUT2D eigenvalue weighted by Gasteiger charge is 2.25. The summed E-state index contributed by atoms with van der Waals surface area (Å²) in [7, 11) is 0. The lowest BCUT2D eigenvalue weighted by Crippen LogP contribution is -2.19. The second-order valence-electron chi connectivity index (χ2n) is 5.24. The molecule has 0 heteroatoms. The van der Waals surface area contributed by atoms with E-state index >= 15 is 0 Å².